The summed E-state index contributed by atoms with van der Waals surface area (Å²) < 4.78 is 0. The number of hydrogen-bond donors (Lipinski definition) is 1. The molecule has 124 valence electrons. The number of hydrogen-bond acceptors (Lipinski definition) is 5. The van der Waals surface area contributed by atoms with Gasteiger partial charge >= 0.3 is 0 Å². The van der Waals surface area contributed by atoms with Crippen LogP contribution in [-0.2, 0) is 0 Å². The number of anilines is 2. The average Bonchev–Trinajstić information content (AvgIpc) is 2.49. The van der Waals surface area contributed by atoms with Crippen LogP contribution in [0.1, 0.15) is 20.8 Å². The van der Waals surface area contributed by atoms with Gasteiger partial charge in [-0.2, -0.15) is 11.8 Å². The van der Waals surface area contributed by atoms with Crippen LogP contribution in [0.4, 0.5) is 17.2 Å². The number of nitrogens with two attached hydrogens (primary N) is 1. The zero-order valence-electron chi connectivity index (χ0n) is 14.5. The molecule has 0 aliphatic rings. The highest BCUT2D eigenvalue weighted by Crippen LogP contribution is 2.40. The van der Waals surface area contributed by atoms with Gasteiger partial charge in [-0.1, -0.05) is 39.0 Å². The predicted molar refractivity (Wildman–Crippen MR) is 105 cm³/mol. The molecule has 0 radical (unpaired) electrons. The van der Waals surface area contributed by atoms with Gasteiger partial charge in [-0.25, -0.2) is 4.98 Å². The quantitative estimate of drug-likeness (QED) is 0.799. The van der Waals surface area contributed by atoms with Crippen molar-refractivity contribution in [2.75, 3.05) is 35.7 Å². The van der Waals surface area contributed by atoms with E-state index in [2.05, 4.69) is 54.7 Å². The molecule has 0 saturated heterocycles. The number of fused-ring (bicyclic) bond motifs is 1. The van der Waals surface area contributed by atoms with E-state index in [1.807, 2.05) is 30.0 Å². The summed E-state index contributed by atoms with van der Waals surface area (Å²) in [5.41, 5.74) is 8.95. The van der Waals surface area contributed by atoms with Gasteiger partial charge in [-0.05, 0) is 24.5 Å². The highest BCUT2D eigenvalue weighted by molar-refractivity contribution is 7.98. The summed E-state index contributed by atoms with van der Waals surface area (Å²) in [4.78, 5) is 11.0. The molecule has 4 nitrogen and oxygen atoms in total. The number of rotatable bonds is 6. The van der Waals surface area contributed by atoms with Crippen molar-refractivity contribution in [2.24, 2.45) is 10.4 Å². The van der Waals surface area contributed by atoms with E-state index in [0.29, 0.717) is 11.5 Å². The van der Waals surface area contributed by atoms with Crippen molar-refractivity contribution in [3.05, 3.63) is 24.3 Å². The lowest BCUT2D eigenvalue weighted by Gasteiger charge is -2.33. The van der Waals surface area contributed by atoms with Gasteiger partial charge in [0, 0.05) is 24.2 Å². The van der Waals surface area contributed by atoms with Crippen molar-refractivity contribution in [1.29, 1.82) is 0 Å². The summed E-state index contributed by atoms with van der Waals surface area (Å²) in [5, 5.41) is 1.08. The highest BCUT2D eigenvalue weighted by Gasteiger charge is 2.22. The van der Waals surface area contributed by atoms with Crippen LogP contribution < -0.4 is 10.6 Å². The number of thioether (sulfide) groups is 1. The lowest BCUT2D eigenvalue weighted by Crippen LogP contribution is -2.34. The van der Waals surface area contributed by atoms with E-state index in [1.54, 1.807) is 0 Å². The number of para-hydroxylation sites is 1. The lowest BCUT2D eigenvalue weighted by molar-refractivity contribution is 0.413. The third kappa shape index (κ3) is 4.16. The van der Waals surface area contributed by atoms with E-state index in [4.69, 9.17) is 5.73 Å². The van der Waals surface area contributed by atoms with Crippen LogP contribution in [0.5, 0.6) is 0 Å². The predicted octanol–water partition coefficient (Wildman–Crippen LogP) is 4.36. The van der Waals surface area contributed by atoms with Gasteiger partial charge in [0.25, 0.3) is 0 Å². The summed E-state index contributed by atoms with van der Waals surface area (Å²) in [6.45, 7) is 12.3. The Morgan fingerprint density at radius 3 is 2.61 bits per heavy atom. The molecule has 2 rings (SSSR count). The Morgan fingerprint density at radius 1 is 1.30 bits per heavy atom. The molecule has 0 atom stereocenters. The van der Waals surface area contributed by atoms with Gasteiger partial charge in [0.05, 0.1) is 11.2 Å². The highest BCUT2D eigenvalue weighted by atomic mass is 32.2. The molecule has 0 spiro atoms. The second-order valence-electron chi connectivity index (χ2n) is 6.84. The maximum Gasteiger partial charge on any atom is 0.152 e. The average molecular weight is 331 g/mol. The Hall–Kier alpha value is -1.75. The first kappa shape index (κ1) is 17.6. The van der Waals surface area contributed by atoms with Crippen LogP contribution in [0, 0.1) is 5.41 Å². The number of benzene rings is 1. The van der Waals surface area contributed by atoms with Crippen LogP contribution >= 0.6 is 11.8 Å². The van der Waals surface area contributed by atoms with Crippen molar-refractivity contribution in [3.63, 3.8) is 0 Å². The fourth-order valence-electron chi connectivity index (χ4n) is 2.72. The van der Waals surface area contributed by atoms with Crippen LogP contribution in [0.25, 0.3) is 10.9 Å². The van der Waals surface area contributed by atoms with E-state index in [9.17, 15) is 0 Å². The van der Waals surface area contributed by atoms with Gasteiger partial charge in [0.2, 0.25) is 0 Å². The minimum atomic E-state index is 0.163. The summed E-state index contributed by atoms with van der Waals surface area (Å²) >= 11 is 1.84. The Bertz CT molecular complexity index is 691. The van der Waals surface area contributed by atoms with Crippen LogP contribution in [-0.4, -0.2) is 36.8 Å². The zero-order chi connectivity index (χ0) is 17.0. The third-order valence-corrected chi connectivity index (χ3v) is 4.16. The lowest BCUT2D eigenvalue weighted by atomic mass is 9.95. The standard InChI is InChI=1S/C18H26N4S/c1-18(2,3)12-22(10-11-23-5)16-13-8-6-7-9-14(13)21-17(19)15(16)20-4/h6-9H,4,10-12H2,1-3,5H3,(H2,19,21). The molecule has 2 N–H and O–H groups in total. The van der Waals surface area contributed by atoms with E-state index in [0.717, 1.165) is 35.4 Å². The number of aromatic nitrogens is 1. The molecule has 0 fully saturated rings. The largest absolute Gasteiger partial charge is 0.382 e. The molecule has 0 amide bonds. The van der Waals surface area contributed by atoms with Crippen molar-refractivity contribution >= 4 is 46.6 Å². The van der Waals surface area contributed by atoms with E-state index >= 15 is 0 Å². The molecule has 0 unspecified atom stereocenters. The third-order valence-electron chi connectivity index (χ3n) is 3.57. The molecule has 1 aromatic heterocycles. The maximum absolute atomic E-state index is 6.15. The number of aliphatic imine (C=N–C) groups is 1. The monoisotopic (exact) mass is 330 g/mol. The minimum Gasteiger partial charge on any atom is -0.382 e. The second kappa shape index (κ2) is 7.21. The number of nitrogen functional groups attached to an aromatic ring is 1. The van der Waals surface area contributed by atoms with Gasteiger partial charge in [0.15, 0.2) is 5.82 Å². The first-order valence-corrected chi connectivity index (χ1v) is 9.15. The topological polar surface area (TPSA) is 54.5 Å². The molecule has 23 heavy (non-hydrogen) atoms. The smallest absolute Gasteiger partial charge is 0.152 e. The molecule has 2 aromatic rings. The molecule has 0 aliphatic heterocycles. The van der Waals surface area contributed by atoms with Crippen LogP contribution in [0.15, 0.2) is 29.3 Å². The van der Waals surface area contributed by atoms with Crippen LogP contribution in [0.2, 0.25) is 0 Å². The Labute approximate surface area is 143 Å². The normalized spacial score (nSPS) is 11.7. The van der Waals surface area contributed by atoms with E-state index in [-0.39, 0.29) is 5.41 Å². The Balaban J connectivity index is 2.66. The summed E-state index contributed by atoms with van der Waals surface area (Å²) in [6.07, 6.45) is 2.13. The minimum absolute atomic E-state index is 0.163. The fourth-order valence-corrected chi connectivity index (χ4v) is 3.13. The number of nitrogens with zero attached hydrogens (tertiary/aromatic N) is 3. The van der Waals surface area contributed by atoms with E-state index < -0.39 is 0 Å². The Morgan fingerprint density at radius 2 is 2.00 bits per heavy atom. The molecule has 1 heterocycles. The second-order valence-corrected chi connectivity index (χ2v) is 7.83. The summed E-state index contributed by atoms with van der Waals surface area (Å²) in [7, 11) is 0. The van der Waals surface area contributed by atoms with Crippen molar-refractivity contribution in [3.8, 4) is 0 Å². The van der Waals surface area contributed by atoms with Crippen LogP contribution in [0.3, 0.4) is 0 Å². The molecule has 1 aromatic carbocycles. The van der Waals surface area contributed by atoms with E-state index in [1.165, 1.54) is 0 Å². The molecule has 5 heteroatoms. The summed E-state index contributed by atoms with van der Waals surface area (Å²) in [6, 6.07) is 8.09. The van der Waals surface area contributed by atoms with Crippen molar-refractivity contribution in [1.82, 2.24) is 4.98 Å². The van der Waals surface area contributed by atoms with Gasteiger partial charge in [-0.15, -0.1) is 0 Å². The molecule has 0 bridgehead atoms. The van der Waals surface area contributed by atoms with Crippen molar-refractivity contribution in [2.45, 2.75) is 20.8 Å². The van der Waals surface area contributed by atoms with Crippen molar-refractivity contribution < 1.29 is 0 Å². The van der Waals surface area contributed by atoms with Gasteiger partial charge < -0.3 is 10.6 Å². The first-order chi connectivity index (χ1) is 10.9. The number of pyridine rings is 1. The van der Waals surface area contributed by atoms with Gasteiger partial charge in [0.1, 0.15) is 5.69 Å². The molecule has 0 saturated carbocycles. The summed E-state index contributed by atoms with van der Waals surface area (Å²) in [5.74, 6) is 1.49. The first-order valence-electron chi connectivity index (χ1n) is 7.76. The molecule has 0 aliphatic carbocycles. The maximum atomic E-state index is 6.15. The van der Waals surface area contributed by atoms with Gasteiger partial charge in [-0.3, -0.25) is 4.99 Å². The zero-order valence-corrected chi connectivity index (χ0v) is 15.3. The fraction of sp³-hybridized carbons (Fsp3) is 0.444. The SMILES string of the molecule is C=Nc1c(N)nc2ccccc2c1N(CCSC)CC(C)(C)C. The molecular weight excluding hydrogens is 304 g/mol. The molecular formula is C18H26N4S. The Kier molecular flexibility index (Phi) is 5.52.